The van der Waals surface area contributed by atoms with Crippen LogP contribution in [0.25, 0.3) is 5.69 Å². The Kier molecular flexibility index (Phi) is 5.72. The molecule has 0 spiro atoms. The smallest absolute Gasteiger partial charge is 0.161 e. The standard InChI is InChI=1S/C26H21F2N3OS/c1-16-24-25(19-5-13-23(14-6-19)32-15-18-3-7-20(27)8-4-18)33-17(2)29-26(24)31(30-16)22-11-9-21(28)10-12-22/h3-14,25H,15H2,1-2H3. The second kappa shape index (κ2) is 8.83. The molecule has 4 aromatic rings. The number of ether oxygens (including phenoxy) is 1. The largest absolute Gasteiger partial charge is 0.489 e. The molecule has 166 valence electrons. The second-order valence-corrected chi connectivity index (χ2v) is 9.12. The molecule has 1 atom stereocenters. The predicted octanol–water partition coefficient (Wildman–Crippen LogP) is 6.92. The quantitative estimate of drug-likeness (QED) is 0.324. The van der Waals surface area contributed by atoms with Crippen molar-refractivity contribution in [3.63, 3.8) is 0 Å². The fourth-order valence-corrected chi connectivity index (χ4v) is 5.00. The number of fused-ring (bicyclic) bond motifs is 1. The van der Waals surface area contributed by atoms with Crippen LogP contribution in [-0.4, -0.2) is 14.8 Å². The summed E-state index contributed by atoms with van der Waals surface area (Å²) in [6, 6.07) is 20.5. The topological polar surface area (TPSA) is 39.4 Å². The van der Waals surface area contributed by atoms with Gasteiger partial charge in [0.2, 0.25) is 0 Å². The van der Waals surface area contributed by atoms with Crippen LogP contribution in [0.15, 0.2) is 77.8 Å². The van der Waals surface area contributed by atoms with E-state index in [4.69, 9.17) is 14.8 Å². The third-order valence-electron chi connectivity index (χ3n) is 5.47. The molecule has 33 heavy (non-hydrogen) atoms. The Bertz CT molecular complexity index is 1310. The van der Waals surface area contributed by atoms with Crippen LogP contribution in [0.3, 0.4) is 0 Å². The summed E-state index contributed by atoms with van der Waals surface area (Å²) in [6.07, 6.45) is 0. The fraction of sp³-hybridized carbons (Fsp3) is 0.154. The minimum Gasteiger partial charge on any atom is -0.489 e. The Balaban J connectivity index is 1.41. The Labute approximate surface area is 194 Å². The van der Waals surface area contributed by atoms with Gasteiger partial charge in [-0.1, -0.05) is 36.0 Å². The molecule has 0 fully saturated rings. The lowest BCUT2D eigenvalue weighted by molar-refractivity contribution is 0.306. The van der Waals surface area contributed by atoms with Crippen LogP contribution in [0.4, 0.5) is 14.6 Å². The summed E-state index contributed by atoms with van der Waals surface area (Å²) in [4.78, 5) is 4.76. The molecule has 1 aromatic heterocycles. The lowest BCUT2D eigenvalue weighted by Gasteiger charge is -2.22. The van der Waals surface area contributed by atoms with Gasteiger partial charge in [-0.2, -0.15) is 5.10 Å². The molecule has 1 unspecified atom stereocenters. The fourth-order valence-electron chi connectivity index (χ4n) is 3.83. The van der Waals surface area contributed by atoms with Crippen molar-refractivity contribution in [3.05, 3.63) is 107 Å². The van der Waals surface area contributed by atoms with E-state index in [1.54, 1.807) is 40.7 Å². The van der Waals surface area contributed by atoms with Crippen molar-refractivity contribution in [1.82, 2.24) is 9.78 Å². The first-order chi connectivity index (χ1) is 16.0. The van der Waals surface area contributed by atoms with Gasteiger partial charge in [-0.05, 0) is 73.5 Å². The zero-order valence-electron chi connectivity index (χ0n) is 18.1. The number of aromatic nitrogens is 2. The molecule has 0 saturated carbocycles. The maximum absolute atomic E-state index is 13.4. The lowest BCUT2D eigenvalue weighted by atomic mass is 10.0. The first kappa shape index (κ1) is 21.4. The first-order valence-corrected chi connectivity index (χ1v) is 11.4. The van der Waals surface area contributed by atoms with Crippen molar-refractivity contribution in [2.24, 2.45) is 4.99 Å². The highest BCUT2D eigenvalue weighted by Crippen LogP contribution is 2.47. The van der Waals surface area contributed by atoms with Gasteiger partial charge in [0.1, 0.15) is 24.0 Å². The Morgan fingerprint density at radius 1 is 0.879 bits per heavy atom. The Morgan fingerprint density at radius 3 is 2.18 bits per heavy atom. The molecule has 0 aliphatic carbocycles. The number of nitrogens with zero attached hydrogens (tertiary/aromatic N) is 3. The van der Waals surface area contributed by atoms with Gasteiger partial charge >= 0.3 is 0 Å². The van der Waals surface area contributed by atoms with E-state index >= 15 is 0 Å². The number of benzene rings is 3. The van der Waals surface area contributed by atoms with Crippen LogP contribution in [0, 0.1) is 18.6 Å². The summed E-state index contributed by atoms with van der Waals surface area (Å²) in [5.74, 6) is 0.973. The van der Waals surface area contributed by atoms with Gasteiger partial charge in [0.25, 0.3) is 0 Å². The number of halogens is 2. The molecule has 0 amide bonds. The van der Waals surface area contributed by atoms with Gasteiger partial charge in [0.05, 0.1) is 21.7 Å². The molecule has 1 aliphatic rings. The molecule has 1 aliphatic heterocycles. The molecule has 0 bridgehead atoms. The summed E-state index contributed by atoms with van der Waals surface area (Å²) in [5, 5.41) is 5.69. The van der Waals surface area contributed by atoms with Crippen LogP contribution in [0.2, 0.25) is 0 Å². The van der Waals surface area contributed by atoms with Crippen LogP contribution in [-0.2, 0) is 6.61 Å². The van der Waals surface area contributed by atoms with E-state index in [-0.39, 0.29) is 16.9 Å². The van der Waals surface area contributed by atoms with Crippen LogP contribution < -0.4 is 4.74 Å². The maximum Gasteiger partial charge on any atom is 0.161 e. The summed E-state index contributed by atoms with van der Waals surface area (Å²) >= 11 is 1.69. The number of aliphatic imine (C=N–C) groups is 1. The first-order valence-electron chi connectivity index (χ1n) is 10.5. The average Bonchev–Trinajstić information content (AvgIpc) is 3.15. The molecular formula is C26H21F2N3OS. The van der Waals surface area contributed by atoms with E-state index in [0.29, 0.717) is 6.61 Å². The third-order valence-corrected chi connectivity index (χ3v) is 6.64. The van der Waals surface area contributed by atoms with Gasteiger partial charge in [-0.3, -0.25) is 0 Å². The molecule has 3 aromatic carbocycles. The zero-order valence-corrected chi connectivity index (χ0v) is 18.9. The zero-order chi connectivity index (χ0) is 22.9. The van der Waals surface area contributed by atoms with Crippen LogP contribution in [0.5, 0.6) is 5.75 Å². The average molecular weight is 462 g/mol. The minimum absolute atomic E-state index is 0.0397. The van der Waals surface area contributed by atoms with Crippen LogP contribution in [0.1, 0.15) is 34.6 Å². The van der Waals surface area contributed by atoms with Gasteiger partial charge < -0.3 is 4.74 Å². The highest BCUT2D eigenvalue weighted by molar-refractivity contribution is 8.14. The third kappa shape index (κ3) is 4.41. The predicted molar refractivity (Wildman–Crippen MR) is 128 cm³/mol. The van der Waals surface area contributed by atoms with Crippen molar-refractivity contribution >= 4 is 22.6 Å². The van der Waals surface area contributed by atoms with Crippen molar-refractivity contribution in [2.75, 3.05) is 0 Å². The molecular weight excluding hydrogens is 440 g/mol. The molecule has 5 rings (SSSR count). The van der Waals surface area contributed by atoms with Crippen molar-refractivity contribution in [2.45, 2.75) is 25.7 Å². The summed E-state index contributed by atoms with van der Waals surface area (Å²) in [5.41, 5.74) is 4.73. The van der Waals surface area contributed by atoms with Crippen LogP contribution >= 0.6 is 11.8 Å². The molecule has 0 saturated heterocycles. The van der Waals surface area contributed by atoms with Crippen molar-refractivity contribution in [3.8, 4) is 11.4 Å². The second-order valence-electron chi connectivity index (χ2n) is 7.82. The van der Waals surface area contributed by atoms with Gasteiger partial charge in [-0.25, -0.2) is 18.5 Å². The van der Waals surface area contributed by atoms with E-state index in [2.05, 4.69) is 12.1 Å². The number of hydrogen-bond acceptors (Lipinski definition) is 4. The number of thioether (sulfide) groups is 1. The normalized spacial score (nSPS) is 15.2. The molecule has 2 heterocycles. The Morgan fingerprint density at radius 2 is 1.52 bits per heavy atom. The van der Waals surface area contributed by atoms with Gasteiger partial charge in [0.15, 0.2) is 5.82 Å². The maximum atomic E-state index is 13.4. The highest BCUT2D eigenvalue weighted by Gasteiger charge is 2.30. The summed E-state index contributed by atoms with van der Waals surface area (Å²) in [6.45, 7) is 4.33. The SMILES string of the molecule is CC1=Nc2c(c(C)nn2-c2ccc(F)cc2)C(c2ccc(OCc3ccc(F)cc3)cc2)S1. The number of aryl methyl sites for hydroxylation is 1. The highest BCUT2D eigenvalue weighted by atomic mass is 32.2. The molecule has 0 radical (unpaired) electrons. The van der Waals surface area contributed by atoms with E-state index < -0.39 is 0 Å². The van der Waals surface area contributed by atoms with E-state index in [1.165, 1.54) is 24.3 Å². The van der Waals surface area contributed by atoms with Crippen molar-refractivity contribution in [1.29, 1.82) is 0 Å². The summed E-state index contributed by atoms with van der Waals surface area (Å²) < 4.78 is 34.1. The van der Waals surface area contributed by atoms with Gasteiger partial charge in [-0.15, -0.1) is 0 Å². The lowest BCUT2D eigenvalue weighted by Crippen LogP contribution is -2.06. The number of hydrogen-bond donors (Lipinski definition) is 0. The van der Waals surface area contributed by atoms with Crippen molar-refractivity contribution < 1.29 is 13.5 Å². The monoisotopic (exact) mass is 461 g/mol. The van der Waals surface area contributed by atoms with E-state index in [0.717, 1.165) is 44.7 Å². The molecule has 7 heteroatoms. The Hall–Kier alpha value is -3.45. The van der Waals surface area contributed by atoms with Gasteiger partial charge in [0, 0.05) is 5.56 Å². The molecule has 4 nitrogen and oxygen atoms in total. The van der Waals surface area contributed by atoms with E-state index in [1.807, 2.05) is 26.0 Å². The van der Waals surface area contributed by atoms with E-state index in [9.17, 15) is 8.78 Å². The summed E-state index contributed by atoms with van der Waals surface area (Å²) in [7, 11) is 0. The molecule has 0 N–H and O–H groups in total. The number of rotatable bonds is 5. The minimum atomic E-state index is -0.286.